The van der Waals surface area contributed by atoms with Gasteiger partial charge in [-0.3, -0.25) is 13.8 Å². The molecule has 0 spiro atoms. The summed E-state index contributed by atoms with van der Waals surface area (Å²) in [4.78, 5) is 22.4. The molecule has 0 fully saturated rings. The van der Waals surface area contributed by atoms with Gasteiger partial charge in [-0.2, -0.15) is 0 Å². The minimum absolute atomic E-state index is 0.0473. The Morgan fingerprint density at radius 1 is 0.500 bits per heavy atom. The number of esters is 1. The van der Waals surface area contributed by atoms with E-state index < -0.39 is 19.9 Å². The Hall–Kier alpha value is -3.62. The first kappa shape index (κ1) is 56.4. The van der Waals surface area contributed by atoms with Gasteiger partial charge in [-0.25, -0.2) is 4.57 Å². The number of allylic oxidation sites excluding steroid dienone is 23. The van der Waals surface area contributed by atoms with E-state index in [1.165, 1.54) is 0 Å². The molecule has 2 atom stereocenters. The Kier molecular flexibility index (Phi) is 43.6. The fourth-order valence-electron chi connectivity index (χ4n) is 5.11. The van der Waals surface area contributed by atoms with Gasteiger partial charge in [-0.15, -0.1) is 0 Å². The highest BCUT2D eigenvalue weighted by molar-refractivity contribution is 7.47. The number of hydrogen-bond acceptors (Lipinski definition) is 7. The lowest BCUT2D eigenvalue weighted by molar-refractivity contribution is -0.153. The van der Waals surface area contributed by atoms with E-state index in [1.807, 2.05) is 12.2 Å². The van der Waals surface area contributed by atoms with E-state index in [4.69, 9.17) is 24.3 Å². The molecule has 0 saturated carbocycles. The number of hydrogen-bond donors (Lipinski definition) is 2. The fraction of sp³-hybridized carbons (Fsp3) is 0.510. The van der Waals surface area contributed by atoms with Crippen molar-refractivity contribution in [3.05, 3.63) is 146 Å². The molecule has 0 amide bonds. The third-order valence-electron chi connectivity index (χ3n) is 8.28. The Labute approximate surface area is 365 Å². The quantitative estimate of drug-likeness (QED) is 0.0271. The zero-order valence-electron chi connectivity index (χ0n) is 37.1. The molecule has 0 heterocycles. The monoisotopic (exact) mass is 850 g/mol. The standard InChI is InChI=1S/C51H80NO7P/c1-3-5-7-9-11-13-15-17-19-20-21-22-23-24-25-26-27-28-29-31-33-35-37-39-41-43-46-56-48-50(49-58-60(54,55)57-47-45-52)59-51(53)44-42-40-38-36-34-32-30-18-16-14-12-10-8-6-4-2/h5-8,11-14,17-19,21-22,24-25,27-28,30-31,33-34,36,40,42,50H,3-4,9-10,15-16,20,23,26,29,32,35,37-39,41,43-49,52H2,1-2H3,(H,54,55)/b7-5-,8-6-,13-11-,14-12-,19-17-,22-21-,25-24-,28-27-,30-18-,33-31-,36-34-,42-40-. The second kappa shape index (κ2) is 46.4. The van der Waals surface area contributed by atoms with Crippen LogP contribution in [-0.2, 0) is 27.9 Å². The fourth-order valence-corrected chi connectivity index (χ4v) is 5.87. The molecule has 0 aliphatic carbocycles. The molecule has 0 rings (SSSR count). The smallest absolute Gasteiger partial charge is 0.457 e. The molecule has 0 bridgehead atoms. The maximum absolute atomic E-state index is 12.5. The maximum atomic E-state index is 12.5. The summed E-state index contributed by atoms with van der Waals surface area (Å²) in [5, 5.41) is 0. The number of phosphoric ester groups is 1. The summed E-state index contributed by atoms with van der Waals surface area (Å²) in [6.45, 7) is 4.43. The van der Waals surface area contributed by atoms with Crippen LogP contribution in [0.15, 0.2) is 146 Å². The van der Waals surface area contributed by atoms with Crippen LogP contribution in [0, 0.1) is 0 Å². The minimum Gasteiger partial charge on any atom is -0.457 e. The Balaban J connectivity index is 4.21. The van der Waals surface area contributed by atoms with E-state index in [9.17, 15) is 14.3 Å². The SMILES string of the molecule is CC/C=C\C/C=C\C/C=C\C/C=C\C/C=C\C/C=C\C/C=C\CCCCCCOCC(COP(=O)(O)OCCN)OC(=O)C/C=C\C/C=C\C/C=C\C/C=C\C/C=C\CC. The molecular formula is C51H80NO7P. The molecule has 336 valence electrons. The molecule has 0 aromatic rings. The number of unbranched alkanes of at least 4 members (excludes halogenated alkanes) is 4. The summed E-state index contributed by atoms with van der Waals surface area (Å²) >= 11 is 0. The van der Waals surface area contributed by atoms with Crippen molar-refractivity contribution >= 4 is 13.8 Å². The largest absolute Gasteiger partial charge is 0.472 e. The Bertz CT molecular complexity index is 1410. The van der Waals surface area contributed by atoms with Gasteiger partial charge in [0, 0.05) is 13.2 Å². The van der Waals surface area contributed by atoms with Crippen LogP contribution in [-0.4, -0.2) is 49.9 Å². The van der Waals surface area contributed by atoms with Gasteiger partial charge < -0.3 is 20.1 Å². The molecule has 0 aliphatic heterocycles. The number of nitrogens with two attached hydrogens (primary N) is 1. The first-order chi connectivity index (χ1) is 29.4. The molecule has 3 N–H and O–H groups in total. The third-order valence-corrected chi connectivity index (χ3v) is 9.27. The summed E-state index contributed by atoms with van der Waals surface area (Å²) in [6, 6.07) is 0. The molecule has 0 radical (unpaired) electrons. The van der Waals surface area contributed by atoms with E-state index >= 15 is 0 Å². The Morgan fingerprint density at radius 2 is 0.883 bits per heavy atom. The van der Waals surface area contributed by atoms with Crippen LogP contribution in [0.2, 0.25) is 0 Å². The van der Waals surface area contributed by atoms with E-state index in [1.54, 1.807) is 6.08 Å². The maximum Gasteiger partial charge on any atom is 0.472 e. The van der Waals surface area contributed by atoms with Crippen LogP contribution < -0.4 is 5.73 Å². The lowest BCUT2D eigenvalue weighted by Gasteiger charge is -2.19. The van der Waals surface area contributed by atoms with Gasteiger partial charge in [-0.1, -0.05) is 173 Å². The summed E-state index contributed by atoms with van der Waals surface area (Å²) in [6.07, 6.45) is 67.6. The molecule has 2 unspecified atom stereocenters. The second-order valence-electron chi connectivity index (χ2n) is 13.8. The molecule has 0 aromatic carbocycles. The highest BCUT2D eigenvalue weighted by atomic mass is 31.2. The highest BCUT2D eigenvalue weighted by Crippen LogP contribution is 2.43. The molecule has 0 aromatic heterocycles. The second-order valence-corrected chi connectivity index (χ2v) is 15.3. The highest BCUT2D eigenvalue weighted by Gasteiger charge is 2.25. The first-order valence-electron chi connectivity index (χ1n) is 22.3. The lowest BCUT2D eigenvalue weighted by atomic mass is 10.1. The number of ether oxygens (including phenoxy) is 2. The van der Waals surface area contributed by atoms with Gasteiger partial charge in [0.15, 0.2) is 0 Å². The summed E-state index contributed by atoms with van der Waals surface area (Å²) < 4.78 is 33.3. The van der Waals surface area contributed by atoms with Crippen molar-refractivity contribution in [3.8, 4) is 0 Å². The van der Waals surface area contributed by atoms with Crippen molar-refractivity contribution in [2.75, 3.05) is 33.0 Å². The number of phosphoric acid groups is 1. The summed E-state index contributed by atoms with van der Waals surface area (Å²) in [5.41, 5.74) is 5.36. The van der Waals surface area contributed by atoms with Crippen molar-refractivity contribution in [3.63, 3.8) is 0 Å². The predicted octanol–water partition coefficient (Wildman–Crippen LogP) is 13.7. The number of carbonyl (C=O) groups excluding carboxylic acids is 1. The van der Waals surface area contributed by atoms with Gasteiger partial charge in [0.25, 0.3) is 0 Å². The van der Waals surface area contributed by atoms with Gasteiger partial charge in [-0.05, 0) is 96.3 Å². The molecule has 0 saturated heterocycles. The zero-order chi connectivity index (χ0) is 43.7. The van der Waals surface area contributed by atoms with Crippen molar-refractivity contribution in [2.45, 2.75) is 136 Å². The molecule has 8 nitrogen and oxygen atoms in total. The molecule has 0 aliphatic rings. The van der Waals surface area contributed by atoms with Crippen molar-refractivity contribution in [1.82, 2.24) is 0 Å². The van der Waals surface area contributed by atoms with Gasteiger partial charge in [0.2, 0.25) is 0 Å². The van der Waals surface area contributed by atoms with Crippen LogP contribution in [0.4, 0.5) is 0 Å². The molecule has 60 heavy (non-hydrogen) atoms. The lowest BCUT2D eigenvalue weighted by Crippen LogP contribution is -2.28. The molecular weight excluding hydrogens is 770 g/mol. The van der Waals surface area contributed by atoms with Crippen LogP contribution in [0.3, 0.4) is 0 Å². The summed E-state index contributed by atoms with van der Waals surface area (Å²) in [7, 11) is -4.32. The van der Waals surface area contributed by atoms with E-state index in [0.717, 1.165) is 103 Å². The van der Waals surface area contributed by atoms with Gasteiger partial charge in [0.05, 0.1) is 26.2 Å². The Morgan fingerprint density at radius 3 is 1.30 bits per heavy atom. The van der Waals surface area contributed by atoms with Crippen LogP contribution in [0.1, 0.15) is 129 Å². The van der Waals surface area contributed by atoms with Crippen molar-refractivity contribution in [1.29, 1.82) is 0 Å². The first-order valence-corrected chi connectivity index (χ1v) is 23.8. The minimum atomic E-state index is -4.32. The predicted molar refractivity (Wildman–Crippen MR) is 256 cm³/mol. The topological polar surface area (TPSA) is 117 Å². The van der Waals surface area contributed by atoms with Crippen LogP contribution >= 0.6 is 7.82 Å². The average molecular weight is 850 g/mol. The van der Waals surface area contributed by atoms with E-state index in [0.29, 0.717) is 13.0 Å². The zero-order valence-corrected chi connectivity index (χ0v) is 38.0. The molecule has 9 heteroatoms. The number of carbonyl (C=O) groups is 1. The normalized spacial score (nSPS) is 14.8. The van der Waals surface area contributed by atoms with Gasteiger partial charge >= 0.3 is 13.8 Å². The van der Waals surface area contributed by atoms with E-state index in [2.05, 4.69) is 141 Å². The number of rotatable bonds is 40. The third kappa shape index (κ3) is 45.5. The van der Waals surface area contributed by atoms with Gasteiger partial charge in [0.1, 0.15) is 6.10 Å². The van der Waals surface area contributed by atoms with Crippen molar-refractivity contribution in [2.24, 2.45) is 5.73 Å². The average Bonchev–Trinajstić information content (AvgIpc) is 3.24. The van der Waals surface area contributed by atoms with Crippen LogP contribution in [0.5, 0.6) is 0 Å². The summed E-state index contributed by atoms with van der Waals surface area (Å²) in [5.74, 6) is -0.474. The van der Waals surface area contributed by atoms with Crippen molar-refractivity contribution < 1.29 is 32.8 Å². The van der Waals surface area contributed by atoms with Crippen LogP contribution in [0.25, 0.3) is 0 Å². The van der Waals surface area contributed by atoms with E-state index in [-0.39, 0.29) is 32.8 Å².